The molecule has 12 heteroatoms. The van der Waals surface area contributed by atoms with Crippen molar-refractivity contribution in [1.29, 1.82) is 0 Å². The zero-order chi connectivity index (χ0) is 22.3. The van der Waals surface area contributed by atoms with Crippen LogP contribution in [-0.2, 0) is 4.74 Å². The molecule has 4 rings (SSSR count). The van der Waals surface area contributed by atoms with E-state index >= 15 is 0 Å². The Hall–Kier alpha value is -2.95. The number of nitrogens with one attached hydrogen (secondary N) is 1. The number of anilines is 1. The molecule has 0 bridgehead atoms. The van der Waals surface area contributed by atoms with Gasteiger partial charge in [-0.3, -0.25) is 4.79 Å². The minimum absolute atomic E-state index is 0.00361. The molecule has 0 saturated heterocycles. The number of hydrogen-bond donors (Lipinski definition) is 2. The normalized spacial score (nSPS) is 24.0. The van der Waals surface area contributed by atoms with Crippen LogP contribution in [0.3, 0.4) is 0 Å². The number of nitrogens with two attached hydrogens (primary N) is 1. The molecule has 0 aromatic carbocycles. The van der Waals surface area contributed by atoms with Gasteiger partial charge in [0.1, 0.15) is 16.7 Å². The van der Waals surface area contributed by atoms with Gasteiger partial charge in [-0.05, 0) is 18.9 Å². The van der Waals surface area contributed by atoms with Crippen LogP contribution < -0.4 is 16.2 Å². The number of aromatic nitrogens is 2. The Morgan fingerprint density at radius 2 is 2.16 bits per heavy atom. The Morgan fingerprint density at radius 3 is 2.90 bits per heavy atom. The van der Waals surface area contributed by atoms with Crippen molar-refractivity contribution in [2.24, 2.45) is 16.6 Å². The van der Waals surface area contributed by atoms with Crippen LogP contribution in [0.2, 0.25) is 5.02 Å². The van der Waals surface area contributed by atoms with Gasteiger partial charge in [0.15, 0.2) is 12.2 Å². The first-order valence-electron chi connectivity index (χ1n) is 9.54. The molecule has 1 aromatic heterocycles. The molecule has 2 atom stereocenters. The van der Waals surface area contributed by atoms with Crippen molar-refractivity contribution in [3.05, 3.63) is 56.8 Å². The minimum atomic E-state index is -4.42. The molecule has 0 radical (unpaired) electrons. The highest BCUT2D eigenvalue weighted by Crippen LogP contribution is 2.40. The number of ether oxygens (including phenoxy) is 1. The van der Waals surface area contributed by atoms with Gasteiger partial charge >= 0.3 is 6.18 Å². The lowest BCUT2D eigenvalue weighted by Crippen LogP contribution is -2.50. The van der Waals surface area contributed by atoms with Crippen molar-refractivity contribution < 1.29 is 17.9 Å². The van der Waals surface area contributed by atoms with Gasteiger partial charge in [-0.25, -0.2) is 10.1 Å². The van der Waals surface area contributed by atoms with Crippen molar-refractivity contribution in [3.8, 4) is 0 Å². The Balaban J connectivity index is 1.63. The molecule has 0 fully saturated rings. The average molecular weight is 457 g/mol. The number of alkyl halides is 3. The highest BCUT2D eigenvalue weighted by atomic mass is 35.5. The maximum atomic E-state index is 13.5. The van der Waals surface area contributed by atoms with Crippen LogP contribution in [0.1, 0.15) is 12.8 Å². The van der Waals surface area contributed by atoms with E-state index in [1.165, 1.54) is 23.2 Å². The Labute approximate surface area is 180 Å². The molecule has 0 saturated carbocycles. The summed E-state index contributed by atoms with van der Waals surface area (Å²) < 4.78 is 46.3. The number of halogens is 4. The maximum Gasteiger partial charge on any atom is 0.399 e. The molecule has 0 amide bonds. The summed E-state index contributed by atoms with van der Waals surface area (Å²) in [6.07, 6.45) is 0.824. The number of allylic oxidation sites excluding steroid dienone is 4. The van der Waals surface area contributed by atoms with E-state index in [1.807, 2.05) is 4.90 Å². The van der Waals surface area contributed by atoms with E-state index in [-0.39, 0.29) is 29.7 Å². The lowest BCUT2D eigenvalue weighted by atomic mass is 9.97. The summed E-state index contributed by atoms with van der Waals surface area (Å²) in [7, 11) is 1.62. The molecule has 3 N–H and O–H groups in total. The molecule has 2 unspecified atom stereocenters. The molecular weight excluding hydrogens is 437 g/mol. The molecule has 3 aliphatic rings. The standard InChI is InChI=1S/C19H20ClF3N6O2/c1-28-17(31-14-5-3-2-4-11(14)19(21,22)23)10-6-7-29(9-12(10)26-18(28)24)13-8-25-27-16(30)15(13)20/h2-3,5,8,11,17H,4,6-7,9H2,1H3,(H2,24,26)(H,27,30). The van der Waals surface area contributed by atoms with Crippen LogP contribution in [0.25, 0.3) is 0 Å². The Kier molecular flexibility index (Phi) is 5.46. The van der Waals surface area contributed by atoms with E-state index in [0.717, 1.165) is 5.57 Å². The number of nitrogens with zero attached hydrogens (tertiary/aromatic N) is 4. The first-order chi connectivity index (χ1) is 14.7. The molecule has 31 heavy (non-hydrogen) atoms. The molecule has 8 nitrogen and oxygen atoms in total. The van der Waals surface area contributed by atoms with E-state index in [4.69, 9.17) is 22.1 Å². The van der Waals surface area contributed by atoms with Crippen molar-refractivity contribution in [1.82, 2.24) is 15.1 Å². The molecular formula is C19H20ClF3N6O2. The predicted octanol–water partition coefficient (Wildman–Crippen LogP) is 2.51. The molecule has 1 aromatic rings. The van der Waals surface area contributed by atoms with Gasteiger partial charge in [0.05, 0.1) is 24.1 Å². The summed E-state index contributed by atoms with van der Waals surface area (Å²) in [5, 5.41) is 6.05. The van der Waals surface area contributed by atoms with Gasteiger partial charge in [-0.1, -0.05) is 23.8 Å². The van der Waals surface area contributed by atoms with Crippen LogP contribution in [0.4, 0.5) is 18.9 Å². The summed E-state index contributed by atoms with van der Waals surface area (Å²) in [6, 6.07) is 0. The van der Waals surface area contributed by atoms with Crippen LogP contribution in [-0.4, -0.2) is 53.6 Å². The van der Waals surface area contributed by atoms with Gasteiger partial charge in [-0.2, -0.15) is 18.3 Å². The van der Waals surface area contributed by atoms with Gasteiger partial charge in [-0.15, -0.1) is 0 Å². The number of hydrogen-bond acceptors (Lipinski definition) is 7. The van der Waals surface area contributed by atoms with Crippen LogP contribution in [0.15, 0.2) is 51.2 Å². The zero-order valence-corrected chi connectivity index (χ0v) is 17.2. The first-order valence-corrected chi connectivity index (χ1v) is 9.91. The van der Waals surface area contributed by atoms with Gasteiger partial charge in [0.25, 0.3) is 5.56 Å². The number of H-pyrrole nitrogens is 1. The third-order valence-electron chi connectivity index (χ3n) is 5.50. The van der Waals surface area contributed by atoms with Gasteiger partial charge < -0.3 is 20.3 Å². The molecule has 166 valence electrons. The van der Waals surface area contributed by atoms with Crippen molar-refractivity contribution in [2.75, 3.05) is 25.0 Å². The SMILES string of the molecule is CN1C(N)=NC2=C(CCN(c3cn[nH]c(=O)c3Cl)C2)C1OC1=CC=CCC1C(F)(F)F. The largest absolute Gasteiger partial charge is 0.470 e. The second-order valence-corrected chi connectivity index (χ2v) is 7.80. The van der Waals surface area contributed by atoms with Crippen LogP contribution >= 0.6 is 11.6 Å². The second-order valence-electron chi connectivity index (χ2n) is 7.42. The van der Waals surface area contributed by atoms with E-state index in [1.54, 1.807) is 13.1 Å². The van der Waals surface area contributed by atoms with E-state index in [2.05, 4.69) is 15.2 Å². The van der Waals surface area contributed by atoms with Crippen LogP contribution in [0.5, 0.6) is 0 Å². The first kappa shape index (κ1) is 21.3. The Bertz CT molecular complexity index is 1060. The van der Waals surface area contributed by atoms with Gasteiger partial charge in [0.2, 0.25) is 0 Å². The number of likely N-dealkylation sites (N-methyl/N-ethyl adjacent to an activating group) is 1. The number of aromatic amines is 1. The molecule has 0 spiro atoms. The van der Waals surface area contributed by atoms with E-state index < -0.39 is 23.9 Å². The average Bonchev–Trinajstić information content (AvgIpc) is 2.72. The van der Waals surface area contributed by atoms with Crippen molar-refractivity contribution >= 4 is 23.2 Å². The Morgan fingerprint density at radius 1 is 1.39 bits per heavy atom. The quantitative estimate of drug-likeness (QED) is 0.725. The third kappa shape index (κ3) is 4.01. The van der Waals surface area contributed by atoms with Crippen molar-refractivity contribution in [2.45, 2.75) is 25.2 Å². The monoisotopic (exact) mass is 456 g/mol. The second kappa shape index (κ2) is 7.95. The maximum absolute atomic E-state index is 13.5. The van der Waals surface area contributed by atoms with Crippen molar-refractivity contribution in [3.63, 3.8) is 0 Å². The highest BCUT2D eigenvalue weighted by Gasteiger charge is 2.45. The number of aliphatic imine (C=N–C) groups is 1. The summed E-state index contributed by atoms with van der Waals surface area (Å²) >= 11 is 6.11. The fourth-order valence-corrected chi connectivity index (χ4v) is 4.02. The summed E-state index contributed by atoms with van der Waals surface area (Å²) in [5.41, 5.74) is 7.27. The van der Waals surface area contributed by atoms with E-state index in [0.29, 0.717) is 24.4 Å². The third-order valence-corrected chi connectivity index (χ3v) is 5.86. The predicted molar refractivity (Wildman–Crippen MR) is 109 cm³/mol. The number of rotatable bonds is 3. The topological polar surface area (TPSA) is 99.8 Å². The molecule has 2 aliphatic heterocycles. The zero-order valence-electron chi connectivity index (χ0n) is 16.5. The highest BCUT2D eigenvalue weighted by molar-refractivity contribution is 6.33. The lowest BCUT2D eigenvalue weighted by molar-refractivity contribution is -0.176. The smallest absolute Gasteiger partial charge is 0.399 e. The molecule has 3 heterocycles. The fraction of sp³-hybridized carbons (Fsp3) is 0.421. The summed E-state index contributed by atoms with van der Waals surface area (Å²) in [4.78, 5) is 19.5. The van der Waals surface area contributed by atoms with E-state index in [9.17, 15) is 18.0 Å². The molecule has 1 aliphatic carbocycles. The fourth-order valence-electron chi connectivity index (χ4n) is 3.81. The van der Waals surface area contributed by atoms with Crippen LogP contribution in [0, 0.1) is 5.92 Å². The summed E-state index contributed by atoms with van der Waals surface area (Å²) in [6.45, 7) is 0.713. The minimum Gasteiger partial charge on any atom is -0.470 e. The number of guanidine groups is 1. The lowest BCUT2D eigenvalue weighted by Gasteiger charge is -2.41. The van der Waals surface area contributed by atoms with Gasteiger partial charge in [0, 0.05) is 19.2 Å². The summed E-state index contributed by atoms with van der Waals surface area (Å²) in [5.74, 6) is -1.75.